The fourth-order valence-electron chi connectivity index (χ4n) is 4.36. The lowest BCUT2D eigenvalue weighted by Crippen LogP contribution is -2.64. The number of aryl methyl sites for hydroxylation is 1. The van der Waals surface area contributed by atoms with Gasteiger partial charge in [0, 0.05) is 19.6 Å². The second-order valence-corrected chi connectivity index (χ2v) is 10.4. The van der Waals surface area contributed by atoms with Gasteiger partial charge in [-0.15, -0.1) is 0 Å². The minimum atomic E-state index is -3.86. The summed E-state index contributed by atoms with van der Waals surface area (Å²) in [5, 5.41) is 20.7. The van der Waals surface area contributed by atoms with Crippen molar-refractivity contribution in [1.82, 2.24) is 9.21 Å². The van der Waals surface area contributed by atoms with Gasteiger partial charge in [-0.25, -0.2) is 8.42 Å². The monoisotopic (exact) mass is 461 g/mol. The van der Waals surface area contributed by atoms with E-state index in [9.17, 15) is 18.8 Å². The predicted molar refractivity (Wildman–Crippen MR) is 127 cm³/mol. The molecule has 33 heavy (non-hydrogen) atoms. The number of nitrogens with zero attached hydrogens (tertiary/aromatic N) is 3. The summed E-state index contributed by atoms with van der Waals surface area (Å²) in [7, 11) is -3.86. The molecule has 7 heteroatoms. The quantitative estimate of drug-likeness (QED) is 0.607. The number of aliphatic hydroxyl groups is 1. The number of hydrogen-bond acceptors (Lipinski definition) is 5. The van der Waals surface area contributed by atoms with Crippen molar-refractivity contribution in [3.8, 4) is 6.07 Å². The van der Waals surface area contributed by atoms with Gasteiger partial charge in [-0.3, -0.25) is 4.90 Å². The summed E-state index contributed by atoms with van der Waals surface area (Å²) in [6.07, 6.45) is 0. The van der Waals surface area contributed by atoms with Crippen molar-refractivity contribution in [3.05, 3.63) is 102 Å². The average molecular weight is 462 g/mol. The van der Waals surface area contributed by atoms with Gasteiger partial charge in [0.25, 0.3) is 0 Å². The van der Waals surface area contributed by atoms with Crippen molar-refractivity contribution in [2.45, 2.75) is 29.9 Å². The van der Waals surface area contributed by atoms with Crippen molar-refractivity contribution >= 4 is 10.0 Å². The number of hydrogen-bond donors (Lipinski definition) is 1. The number of aliphatic hydroxyl groups excluding tert-OH is 1. The fraction of sp³-hybridized carbons (Fsp3) is 0.269. The molecule has 6 nitrogen and oxygen atoms in total. The van der Waals surface area contributed by atoms with Crippen LogP contribution in [0.4, 0.5) is 0 Å². The zero-order valence-corrected chi connectivity index (χ0v) is 19.3. The number of sulfonamides is 1. The van der Waals surface area contributed by atoms with E-state index in [4.69, 9.17) is 0 Å². The Morgan fingerprint density at radius 3 is 2.18 bits per heavy atom. The third kappa shape index (κ3) is 4.56. The van der Waals surface area contributed by atoms with Gasteiger partial charge < -0.3 is 5.11 Å². The van der Waals surface area contributed by atoms with Crippen molar-refractivity contribution in [2.75, 3.05) is 19.7 Å². The van der Waals surface area contributed by atoms with Gasteiger partial charge in [-0.1, -0.05) is 78.4 Å². The summed E-state index contributed by atoms with van der Waals surface area (Å²) in [5.74, 6) is 0. The smallest absolute Gasteiger partial charge is 0.243 e. The van der Waals surface area contributed by atoms with Crippen LogP contribution in [0, 0.1) is 18.3 Å². The van der Waals surface area contributed by atoms with Crippen molar-refractivity contribution < 1.29 is 13.5 Å². The lowest BCUT2D eigenvalue weighted by Gasteiger charge is -2.50. The molecule has 0 aromatic heterocycles. The molecule has 170 valence electrons. The van der Waals surface area contributed by atoms with E-state index in [-0.39, 0.29) is 18.0 Å². The predicted octanol–water partition coefficient (Wildman–Crippen LogP) is 3.50. The first-order chi connectivity index (χ1) is 15.9. The molecule has 1 heterocycles. The molecule has 0 amide bonds. The number of benzene rings is 3. The van der Waals surface area contributed by atoms with Crippen LogP contribution in [0.2, 0.25) is 0 Å². The van der Waals surface area contributed by atoms with Crippen LogP contribution < -0.4 is 0 Å². The van der Waals surface area contributed by atoms with Gasteiger partial charge in [0.1, 0.15) is 5.54 Å². The average Bonchev–Trinajstić information content (AvgIpc) is 2.85. The standard InChI is InChI=1S/C26H27N3O3S/c1-21-12-14-24(15-13-21)33(31,32)28-17-25(23-10-6-3-7-11-23)29(26(18-27,19-28)20-30)16-22-8-4-2-5-9-22/h2-15,25,30H,16-17,19-20H2,1H3. The molecule has 2 unspecified atom stereocenters. The third-order valence-corrected chi connectivity index (χ3v) is 8.07. The Balaban J connectivity index is 1.80. The molecule has 3 aromatic rings. The van der Waals surface area contributed by atoms with Gasteiger partial charge in [-0.05, 0) is 30.2 Å². The SMILES string of the molecule is Cc1ccc(S(=O)(=O)N2CC(c3ccccc3)N(Cc3ccccc3)C(C#N)(CO)C2)cc1. The summed E-state index contributed by atoms with van der Waals surface area (Å²) >= 11 is 0. The topological polar surface area (TPSA) is 84.6 Å². The zero-order valence-electron chi connectivity index (χ0n) is 18.5. The van der Waals surface area contributed by atoms with E-state index >= 15 is 0 Å². The van der Waals surface area contributed by atoms with Crippen LogP contribution >= 0.6 is 0 Å². The molecule has 2 atom stereocenters. The Labute approximate surface area is 195 Å². The highest BCUT2D eigenvalue weighted by molar-refractivity contribution is 7.89. The molecule has 1 N–H and O–H groups in total. The maximum atomic E-state index is 13.6. The van der Waals surface area contributed by atoms with E-state index in [1.807, 2.05) is 72.5 Å². The third-order valence-electron chi connectivity index (χ3n) is 6.25. The highest BCUT2D eigenvalue weighted by atomic mass is 32.2. The fourth-order valence-corrected chi connectivity index (χ4v) is 5.86. The summed E-state index contributed by atoms with van der Waals surface area (Å²) in [6.45, 7) is 1.88. The lowest BCUT2D eigenvalue weighted by atomic mass is 9.90. The molecule has 1 aliphatic rings. The highest BCUT2D eigenvalue weighted by Crippen LogP contribution is 2.38. The molecular weight excluding hydrogens is 434 g/mol. The first-order valence-electron chi connectivity index (χ1n) is 10.8. The molecule has 0 saturated carbocycles. The number of nitriles is 1. The molecule has 3 aromatic carbocycles. The second-order valence-electron chi connectivity index (χ2n) is 8.45. The van der Waals surface area contributed by atoms with Crippen LogP contribution in [-0.2, 0) is 16.6 Å². The maximum absolute atomic E-state index is 13.6. The van der Waals surface area contributed by atoms with E-state index in [0.717, 1.165) is 16.7 Å². The van der Waals surface area contributed by atoms with Gasteiger partial charge in [0.15, 0.2) is 0 Å². The van der Waals surface area contributed by atoms with Gasteiger partial charge in [0.2, 0.25) is 10.0 Å². The van der Waals surface area contributed by atoms with Crippen LogP contribution in [0.1, 0.15) is 22.7 Å². The van der Waals surface area contributed by atoms with Crippen LogP contribution in [0.5, 0.6) is 0 Å². The van der Waals surface area contributed by atoms with Gasteiger partial charge in [-0.2, -0.15) is 9.57 Å². The normalized spacial score (nSPS) is 22.0. The minimum Gasteiger partial charge on any atom is -0.393 e. The first-order valence-corrected chi connectivity index (χ1v) is 12.3. The molecular formula is C26H27N3O3S. The van der Waals surface area contributed by atoms with E-state index in [1.165, 1.54) is 4.31 Å². The molecule has 0 aliphatic carbocycles. The van der Waals surface area contributed by atoms with Crippen molar-refractivity contribution in [2.24, 2.45) is 0 Å². The van der Waals surface area contributed by atoms with Crippen LogP contribution in [0.3, 0.4) is 0 Å². The van der Waals surface area contributed by atoms with Gasteiger partial charge in [0.05, 0.1) is 23.6 Å². The maximum Gasteiger partial charge on any atom is 0.243 e. The molecule has 4 rings (SSSR count). The first kappa shape index (κ1) is 23.1. The van der Waals surface area contributed by atoms with E-state index in [0.29, 0.717) is 6.54 Å². The molecule has 0 spiro atoms. The molecule has 1 aliphatic heterocycles. The minimum absolute atomic E-state index is 0.119. The Morgan fingerprint density at radius 1 is 1.00 bits per heavy atom. The lowest BCUT2D eigenvalue weighted by molar-refractivity contribution is -0.0238. The molecule has 0 bridgehead atoms. The second kappa shape index (κ2) is 9.46. The molecule has 1 fully saturated rings. The van der Waals surface area contributed by atoms with Gasteiger partial charge >= 0.3 is 0 Å². The summed E-state index contributed by atoms with van der Waals surface area (Å²) in [4.78, 5) is 2.12. The Kier molecular flexibility index (Phi) is 6.63. The molecule has 0 radical (unpaired) electrons. The van der Waals surface area contributed by atoms with E-state index in [1.54, 1.807) is 24.3 Å². The Bertz CT molecular complexity index is 1230. The Hall–Kier alpha value is -3.02. The van der Waals surface area contributed by atoms with E-state index < -0.39 is 28.2 Å². The van der Waals surface area contributed by atoms with E-state index in [2.05, 4.69) is 6.07 Å². The zero-order chi connectivity index (χ0) is 23.5. The summed E-state index contributed by atoms with van der Waals surface area (Å²) in [6, 6.07) is 27.8. The largest absolute Gasteiger partial charge is 0.393 e. The van der Waals surface area contributed by atoms with Crippen molar-refractivity contribution in [1.29, 1.82) is 5.26 Å². The molecule has 1 saturated heterocycles. The van der Waals surface area contributed by atoms with Crippen LogP contribution in [0.15, 0.2) is 89.8 Å². The van der Waals surface area contributed by atoms with Crippen molar-refractivity contribution in [3.63, 3.8) is 0 Å². The number of rotatable bonds is 6. The Morgan fingerprint density at radius 2 is 1.61 bits per heavy atom. The highest BCUT2D eigenvalue weighted by Gasteiger charge is 2.50. The number of piperazine rings is 1. The van der Waals surface area contributed by atoms with Crippen LogP contribution in [0.25, 0.3) is 0 Å². The van der Waals surface area contributed by atoms with Crippen LogP contribution in [-0.4, -0.2) is 48.0 Å². The summed E-state index contributed by atoms with van der Waals surface area (Å²) in [5.41, 5.74) is 1.45. The summed E-state index contributed by atoms with van der Waals surface area (Å²) < 4.78 is 28.5.